The van der Waals surface area contributed by atoms with Crippen molar-refractivity contribution in [3.63, 3.8) is 0 Å². The van der Waals surface area contributed by atoms with E-state index in [9.17, 15) is 14.4 Å². The summed E-state index contributed by atoms with van der Waals surface area (Å²) in [7, 11) is 1.52. The Morgan fingerprint density at radius 1 is 0.903 bits per heavy atom. The van der Waals surface area contributed by atoms with Crippen molar-refractivity contribution >= 4 is 23.2 Å². The molecule has 160 valence electrons. The Kier molecular flexibility index (Phi) is 6.25. The average Bonchev–Trinajstić information content (AvgIpc) is 2.71. The first-order valence-electron chi connectivity index (χ1n) is 9.78. The highest BCUT2D eigenvalue weighted by Gasteiger charge is 2.19. The maximum absolute atomic E-state index is 13.3. The zero-order valence-electron chi connectivity index (χ0n) is 18.2. The number of nitrogens with one attached hydrogen (secondary N) is 2. The topological polar surface area (TPSA) is 89.4 Å². The highest BCUT2D eigenvalue weighted by atomic mass is 16.5. The molecule has 0 aliphatic rings. The number of amides is 2. The summed E-state index contributed by atoms with van der Waals surface area (Å²) in [5.74, 6) is -0.295. The van der Waals surface area contributed by atoms with E-state index in [2.05, 4.69) is 10.6 Å². The number of ether oxygens (including phenoxy) is 1. The minimum Gasteiger partial charge on any atom is -0.495 e. The zero-order valence-corrected chi connectivity index (χ0v) is 18.2. The monoisotopic (exact) mass is 419 g/mol. The molecule has 7 nitrogen and oxygen atoms in total. The van der Waals surface area contributed by atoms with E-state index in [1.807, 2.05) is 13.8 Å². The first kappa shape index (κ1) is 21.8. The lowest BCUT2D eigenvalue weighted by atomic mass is 10.1. The molecule has 7 heteroatoms. The number of methoxy groups -OCH3 is 1. The van der Waals surface area contributed by atoms with E-state index in [-0.39, 0.29) is 11.5 Å². The van der Waals surface area contributed by atoms with Gasteiger partial charge in [-0.3, -0.25) is 19.0 Å². The van der Waals surface area contributed by atoms with Crippen molar-refractivity contribution < 1.29 is 14.3 Å². The molecule has 0 spiro atoms. The second-order valence-electron chi connectivity index (χ2n) is 7.34. The molecule has 0 fully saturated rings. The molecule has 0 bridgehead atoms. The normalized spacial score (nSPS) is 10.5. The van der Waals surface area contributed by atoms with Gasteiger partial charge in [0.05, 0.1) is 24.2 Å². The fourth-order valence-electron chi connectivity index (χ4n) is 3.32. The fraction of sp³-hybridized carbons (Fsp3) is 0.208. The maximum atomic E-state index is 13.3. The predicted octanol–water partition coefficient (Wildman–Crippen LogP) is 3.98. The number of benzene rings is 2. The van der Waals surface area contributed by atoms with Crippen LogP contribution in [0.5, 0.6) is 5.75 Å². The van der Waals surface area contributed by atoms with Gasteiger partial charge < -0.3 is 15.4 Å². The molecular formula is C24H25N3O4. The number of pyridine rings is 1. The van der Waals surface area contributed by atoms with Crippen LogP contribution in [0.15, 0.2) is 53.5 Å². The quantitative estimate of drug-likeness (QED) is 0.655. The van der Waals surface area contributed by atoms with Gasteiger partial charge in [0.1, 0.15) is 11.3 Å². The third-order valence-corrected chi connectivity index (χ3v) is 5.07. The molecule has 3 rings (SSSR count). The van der Waals surface area contributed by atoms with E-state index in [0.717, 1.165) is 11.1 Å². The van der Waals surface area contributed by atoms with Gasteiger partial charge >= 0.3 is 0 Å². The molecular weight excluding hydrogens is 394 g/mol. The Bertz CT molecular complexity index is 1230. The zero-order chi connectivity index (χ0) is 22.7. The summed E-state index contributed by atoms with van der Waals surface area (Å²) in [6.07, 6.45) is 1.62. The number of para-hydroxylation sites is 2. The molecule has 2 amide bonds. The Morgan fingerprint density at radius 2 is 1.52 bits per heavy atom. The van der Waals surface area contributed by atoms with E-state index in [1.54, 1.807) is 55.6 Å². The predicted molar refractivity (Wildman–Crippen MR) is 122 cm³/mol. The average molecular weight is 419 g/mol. The van der Waals surface area contributed by atoms with Gasteiger partial charge in [-0.25, -0.2) is 0 Å². The van der Waals surface area contributed by atoms with Gasteiger partial charge in [-0.1, -0.05) is 12.1 Å². The van der Waals surface area contributed by atoms with Crippen LogP contribution < -0.4 is 20.9 Å². The third kappa shape index (κ3) is 4.50. The van der Waals surface area contributed by atoms with Gasteiger partial charge in [-0.05, 0) is 67.8 Å². The van der Waals surface area contributed by atoms with Gasteiger partial charge in [-0.15, -0.1) is 0 Å². The molecule has 1 heterocycles. The second-order valence-corrected chi connectivity index (χ2v) is 7.34. The lowest BCUT2D eigenvalue weighted by molar-refractivity contribution is -0.114. The molecule has 0 radical (unpaired) electrons. The molecule has 2 N–H and O–H groups in total. The van der Waals surface area contributed by atoms with Crippen molar-refractivity contribution in [2.45, 2.75) is 27.7 Å². The Balaban J connectivity index is 2.07. The summed E-state index contributed by atoms with van der Waals surface area (Å²) in [5.41, 5.74) is 3.44. The van der Waals surface area contributed by atoms with E-state index >= 15 is 0 Å². The number of aromatic nitrogens is 1. The van der Waals surface area contributed by atoms with Crippen LogP contribution in [-0.4, -0.2) is 23.5 Å². The van der Waals surface area contributed by atoms with Gasteiger partial charge in [0.2, 0.25) is 5.91 Å². The Hall–Kier alpha value is -3.87. The van der Waals surface area contributed by atoms with Crippen molar-refractivity contribution in [2.75, 3.05) is 17.7 Å². The molecule has 0 aliphatic carbocycles. The van der Waals surface area contributed by atoms with Crippen LogP contribution in [0.1, 0.15) is 34.0 Å². The minimum absolute atomic E-state index is 0.0143. The van der Waals surface area contributed by atoms with Crippen molar-refractivity contribution in [3.05, 3.63) is 81.3 Å². The Morgan fingerprint density at radius 3 is 2.13 bits per heavy atom. The number of anilines is 2. The molecule has 3 aromatic rings. The highest BCUT2D eigenvalue weighted by Crippen LogP contribution is 2.27. The number of carbonyl (C=O) groups is 2. The van der Waals surface area contributed by atoms with E-state index in [1.165, 1.54) is 18.6 Å². The molecule has 2 aromatic carbocycles. The van der Waals surface area contributed by atoms with Crippen LogP contribution in [0.2, 0.25) is 0 Å². The fourth-order valence-corrected chi connectivity index (χ4v) is 3.32. The molecule has 31 heavy (non-hydrogen) atoms. The van der Waals surface area contributed by atoms with Crippen LogP contribution in [-0.2, 0) is 4.79 Å². The summed E-state index contributed by atoms with van der Waals surface area (Å²) in [4.78, 5) is 38.0. The highest BCUT2D eigenvalue weighted by molar-refractivity contribution is 6.08. The molecule has 0 saturated heterocycles. The van der Waals surface area contributed by atoms with E-state index in [0.29, 0.717) is 28.4 Å². The minimum atomic E-state index is -0.554. The summed E-state index contributed by atoms with van der Waals surface area (Å²) in [6, 6.07) is 12.4. The van der Waals surface area contributed by atoms with Gasteiger partial charge in [0.15, 0.2) is 0 Å². The van der Waals surface area contributed by atoms with Gasteiger partial charge in [0.25, 0.3) is 11.5 Å². The SMILES string of the molecule is COc1ccccc1-n1ccc(C)c(C(=O)Nc2cc(C)c(C)cc2NC(C)=O)c1=O. The summed E-state index contributed by atoms with van der Waals surface area (Å²) < 4.78 is 6.74. The Labute approximate surface area is 180 Å². The lowest BCUT2D eigenvalue weighted by Gasteiger charge is -2.16. The third-order valence-electron chi connectivity index (χ3n) is 5.07. The van der Waals surface area contributed by atoms with Crippen molar-refractivity contribution in [1.82, 2.24) is 4.57 Å². The van der Waals surface area contributed by atoms with Crippen LogP contribution >= 0.6 is 0 Å². The first-order chi connectivity index (χ1) is 14.7. The van der Waals surface area contributed by atoms with Gasteiger partial charge in [0, 0.05) is 13.1 Å². The van der Waals surface area contributed by atoms with E-state index in [4.69, 9.17) is 4.74 Å². The van der Waals surface area contributed by atoms with Crippen molar-refractivity contribution in [2.24, 2.45) is 0 Å². The van der Waals surface area contributed by atoms with Gasteiger partial charge in [-0.2, -0.15) is 0 Å². The van der Waals surface area contributed by atoms with Crippen LogP contribution in [0.3, 0.4) is 0 Å². The number of nitrogens with zero attached hydrogens (tertiary/aromatic N) is 1. The number of hydrogen-bond donors (Lipinski definition) is 2. The maximum Gasteiger partial charge on any atom is 0.268 e. The number of carbonyl (C=O) groups excluding carboxylic acids is 2. The number of hydrogen-bond acceptors (Lipinski definition) is 4. The van der Waals surface area contributed by atoms with Crippen molar-refractivity contribution in [3.8, 4) is 11.4 Å². The number of aryl methyl sites for hydroxylation is 3. The van der Waals surface area contributed by atoms with Crippen LogP contribution in [0.25, 0.3) is 5.69 Å². The summed E-state index contributed by atoms with van der Waals surface area (Å²) in [6.45, 7) is 6.93. The smallest absolute Gasteiger partial charge is 0.268 e. The molecule has 0 unspecified atom stereocenters. The standard InChI is InChI=1S/C24H25N3O4/c1-14-10-11-27(20-8-6-7-9-21(20)31-5)24(30)22(14)23(29)26-19-13-16(3)15(2)12-18(19)25-17(4)28/h6-13H,1-5H3,(H,25,28)(H,26,29). The lowest BCUT2D eigenvalue weighted by Crippen LogP contribution is -2.29. The van der Waals surface area contributed by atoms with Crippen molar-refractivity contribution in [1.29, 1.82) is 0 Å². The summed E-state index contributed by atoms with van der Waals surface area (Å²) >= 11 is 0. The number of rotatable bonds is 5. The van der Waals surface area contributed by atoms with Crippen LogP contribution in [0.4, 0.5) is 11.4 Å². The molecule has 0 aliphatic heterocycles. The molecule has 0 atom stereocenters. The van der Waals surface area contributed by atoms with E-state index < -0.39 is 11.5 Å². The first-order valence-corrected chi connectivity index (χ1v) is 9.78. The summed E-state index contributed by atoms with van der Waals surface area (Å²) in [5, 5.41) is 5.52. The van der Waals surface area contributed by atoms with Crippen LogP contribution in [0, 0.1) is 20.8 Å². The second kappa shape index (κ2) is 8.87. The molecule has 1 aromatic heterocycles. The largest absolute Gasteiger partial charge is 0.495 e. The molecule has 0 saturated carbocycles.